The van der Waals surface area contributed by atoms with E-state index in [4.69, 9.17) is 9.47 Å². The van der Waals surface area contributed by atoms with Crippen LogP contribution < -0.4 is 9.47 Å². The number of ether oxygens (including phenoxy) is 2. The molecule has 0 radical (unpaired) electrons. The zero-order chi connectivity index (χ0) is 19.3. The van der Waals surface area contributed by atoms with Gasteiger partial charge in [0, 0.05) is 11.5 Å². The molecule has 1 aromatic carbocycles. The van der Waals surface area contributed by atoms with Crippen LogP contribution in [0.4, 0.5) is 0 Å². The zero-order valence-corrected chi connectivity index (χ0v) is 17.4. The van der Waals surface area contributed by atoms with Gasteiger partial charge in [-0.2, -0.15) is 0 Å². The van der Waals surface area contributed by atoms with Crippen LogP contribution in [0.1, 0.15) is 76.8 Å². The predicted molar refractivity (Wildman–Crippen MR) is 108 cm³/mol. The minimum Gasteiger partial charge on any atom is -0.496 e. The summed E-state index contributed by atoms with van der Waals surface area (Å²) in [7, 11) is 3.46. The molecular formula is C23H36O3. The summed E-state index contributed by atoms with van der Waals surface area (Å²) < 4.78 is 11.6. The SMILES string of the molecule is CCCCCc1cc(OC)c([C@@H]2C=C(C)CC[C@@H]2C(C)(C)O)c(OC)c1. The van der Waals surface area contributed by atoms with Crippen LogP contribution in [-0.4, -0.2) is 24.9 Å². The van der Waals surface area contributed by atoms with Crippen molar-refractivity contribution in [2.45, 2.75) is 77.7 Å². The van der Waals surface area contributed by atoms with Gasteiger partial charge in [0.15, 0.2) is 0 Å². The Morgan fingerprint density at radius 2 is 1.73 bits per heavy atom. The fourth-order valence-corrected chi connectivity index (χ4v) is 4.19. The van der Waals surface area contributed by atoms with Gasteiger partial charge in [0.2, 0.25) is 0 Å². The average Bonchev–Trinajstić information content (AvgIpc) is 2.59. The molecule has 0 bridgehead atoms. The van der Waals surface area contributed by atoms with Gasteiger partial charge in [0.25, 0.3) is 0 Å². The first kappa shape index (κ1) is 20.8. The number of aryl methyl sites for hydroxylation is 1. The molecule has 0 heterocycles. The normalized spacial score (nSPS) is 20.7. The topological polar surface area (TPSA) is 38.7 Å². The Morgan fingerprint density at radius 3 is 2.23 bits per heavy atom. The molecule has 1 aromatic rings. The summed E-state index contributed by atoms with van der Waals surface area (Å²) in [6, 6.07) is 4.32. The van der Waals surface area contributed by atoms with Gasteiger partial charge < -0.3 is 14.6 Å². The molecule has 3 nitrogen and oxygen atoms in total. The standard InChI is InChI=1S/C23H36O3/c1-7-8-9-10-17-14-20(25-5)22(21(15-17)26-6)18-13-16(2)11-12-19(18)23(3,4)24/h13-15,18-19,24H,7-12H2,1-6H3/t18-,19+/m1/s1. The Morgan fingerprint density at radius 1 is 1.12 bits per heavy atom. The summed E-state index contributed by atoms with van der Waals surface area (Å²) in [6.07, 6.45) is 8.96. The third-order valence-corrected chi connectivity index (χ3v) is 5.66. The molecule has 0 spiro atoms. The Balaban J connectivity index is 2.49. The number of hydrogen-bond donors (Lipinski definition) is 1. The van der Waals surface area contributed by atoms with E-state index in [0.29, 0.717) is 0 Å². The van der Waals surface area contributed by atoms with Crippen molar-refractivity contribution in [2.24, 2.45) is 5.92 Å². The van der Waals surface area contributed by atoms with E-state index in [1.165, 1.54) is 30.4 Å². The minimum atomic E-state index is -0.752. The second kappa shape index (κ2) is 8.94. The maximum Gasteiger partial charge on any atom is 0.126 e. The van der Waals surface area contributed by atoms with Crippen molar-refractivity contribution < 1.29 is 14.6 Å². The molecule has 0 aromatic heterocycles. The van der Waals surface area contributed by atoms with Crippen LogP contribution in [0, 0.1) is 5.92 Å². The Hall–Kier alpha value is -1.48. The fourth-order valence-electron chi connectivity index (χ4n) is 4.19. The van der Waals surface area contributed by atoms with Gasteiger partial charge in [-0.05, 0) is 70.1 Å². The summed E-state index contributed by atoms with van der Waals surface area (Å²) in [5.74, 6) is 1.99. The number of benzene rings is 1. The summed E-state index contributed by atoms with van der Waals surface area (Å²) in [5.41, 5.74) is 2.94. The first-order valence-corrected chi connectivity index (χ1v) is 9.96. The van der Waals surface area contributed by atoms with Crippen molar-refractivity contribution in [3.8, 4) is 11.5 Å². The van der Waals surface area contributed by atoms with Gasteiger partial charge in [-0.1, -0.05) is 31.4 Å². The first-order chi connectivity index (χ1) is 12.3. The molecule has 0 saturated carbocycles. The van der Waals surface area contributed by atoms with E-state index in [-0.39, 0.29) is 11.8 Å². The van der Waals surface area contributed by atoms with Gasteiger partial charge in [0.05, 0.1) is 19.8 Å². The van der Waals surface area contributed by atoms with E-state index < -0.39 is 5.60 Å². The molecule has 3 heteroatoms. The molecular weight excluding hydrogens is 324 g/mol. The molecule has 0 fully saturated rings. The number of allylic oxidation sites excluding steroid dienone is 2. The second-order valence-corrected chi connectivity index (χ2v) is 8.21. The third kappa shape index (κ3) is 4.82. The zero-order valence-electron chi connectivity index (χ0n) is 17.4. The highest BCUT2D eigenvalue weighted by atomic mass is 16.5. The van der Waals surface area contributed by atoms with Gasteiger partial charge in [-0.3, -0.25) is 0 Å². The van der Waals surface area contributed by atoms with Crippen molar-refractivity contribution >= 4 is 0 Å². The van der Waals surface area contributed by atoms with Gasteiger partial charge in [0.1, 0.15) is 11.5 Å². The summed E-state index contributed by atoms with van der Waals surface area (Å²) in [5, 5.41) is 10.8. The van der Waals surface area contributed by atoms with E-state index in [9.17, 15) is 5.11 Å². The molecule has 0 saturated heterocycles. The molecule has 1 N–H and O–H groups in total. The van der Waals surface area contributed by atoms with Crippen LogP contribution in [-0.2, 0) is 6.42 Å². The van der Waals surface area contributed by atoms with Crippen molar-refractivity contribution in [2.75, 3.05) is 14.2 Å². The molecule has 2 atom stereocenters. The van der Waals surface area contributed by atoms with Crippen LogP contribution in [0.15, 0.2) is 23.8 Å². The van der Waals surface area contributed by atoms with Crippen molar-refractivity contribution in [3.63, 3.8) is 0 Å². The quantitative estimate of drug-likeness (QED) is 0.481. The monoisotopic (exact) mass is 360 g/mol. The second-order valence-electron chi connectivity index (χ2n) is 8.21. The molecule has 0 aliphatic heterocycles. The van der Waals surface area contributed by atoms with Crippen LogP contribution in [0.25, 0.3) is 0 Å². The lowest BCUT2D eigenvalue weighted by Crippen LogP contribution is -2.36. The largest absolute Gasteiger partial charge is 0.496 e. The van der Waals surface area contributed by atoms with E-state index >= 15 is 0 Å². The van der Waals surface area contributed by atoms with E-state index in [1.54, 1.807) is 14.2 Å². The molecule has 26 heavy (non-hydrogen) atoms. The van der Waals surface area contributed by atoms with Crippen molar-refractivity contribution in [1.29, 1.82) is 0 Å². The molecule has 2 rings (SSSR count). The van der Waals surface area contributed by atoms with Gasteiger partial charge in [-0.15, -0.1) is 0 Å². The average molecular weight is 361 g/mol. The van der Waals surface area contributed by atoms with E-state index in [1.807, 2.05) is 13.8 Å². The Bertz CT molecular complexity index is 600. The molecule has 146 valence electrons. The lowest BCUT2D eigenvalue weighted by atomic mass is 9.69. The highest BCUT2D eigenvalue weighted by Crippen LogP contribution is 2.48. The molecule has 0 unspecified atom stereocenters. The lowest BCUT2D eigenvalue weighted by Gasteiger charge is -2.39. The van der Waals surface area contributed by atoms with Crippen molar-refractivity contribution in [1.82, 2.24) is 0 Å². The first-order valence-electron chi connectivity index (χ1n) is 9.96. The molecule has 1 aliphatic rings. The highest BCUT2D eigenvalue weighted by Gasteiger charge is 2.38. The number of hydrogen-bond acceptors (Lipinski definition) is 3. The number of unbranched alkanes of at least 4 members (excludes halogenated alkanes) is 2. The Labute approximate surface area is 159 Å². The maximum atomic E-state index is 10.8. The van der Waals surface area contributed by atoms with E-state index in [2.05, 4.69) is 32.1 Å². The molecule has 1 aliphatic carbocycles. The van der Waals surface area contributed by atoms with Crippen LogP contribution >= 0.6 is 0 Å². The van der Waals surface area contributed by atoms with Gasteiger partial charge in [-0.25, -0.2) is 0 Å². The molecule has 0 amide bonds. The lowest BCUT2D eigenvalue weighted by molar-refractivity contribution is 0.00417. The number of aliphatic hydroxyl groups is 1. The fraction of sp³-hybridized carbons (Fsp3) is 0.652. The van der Waals surface area contributed by atoms with Crippen LogP contribution in [0.2, 0.25) is 0 Å². The van der Waals surface area contributed by atoms with Crippen molar-refractivity contribution in [3.05, 3.63) is 34.9 Å². The number of rotatable bonds is 8. The Kier molecular flexibility index (Phi) is 7.16. The third-order valence-electron chi connectivity index (χ3n) is 5.66. The van der Waals surface area contributed by atoms with Crippen LogP contribution in [0.5, 0.6) is 11.5 Å². The summed E-state index contributed by atoms with van der Waals surface area (Å²) in [6.45, 7) is 8.22. The highest BCUT2D eigenvalue weighted by molar-refractivity contribution is 5.52. The van der Waals surface area contributed by atoms with Gasteiger partial charge >= 0.3 is 0 Å². The maximum absolute atomic E-state index is 10.8. The van der Waals surface area contributed by atoms with Crippen LogP contribution in [0.3, 0.4) is 0 Å². The van der Waals surface area contributed by atoms with E-state index in [0.717, 1.165) is 36.3 Å². The number of methoxy groups -OCH3 is 2. The predicted octanol–water partition coefficient (Wildman–Crippen LogP) is 5.65. The summed E-state index contributed by atoms with van der Waals surface area (Å²) >= 11 is 0. The smallest absolute Gasteiger partial charge is 0.126 e. The summed E-state index contributed by atoms with van der Waals surface area (Å²) in [4.78, 5) is 0. The minimum absolute atomic E-state index is 0.0957.